The van der Waals surface area contributed by atoms with E-state index < -0.39 is 6.36 Å². The van der Waals surface area contributed by atoms with Crippen LogP contribution in [0, 0.1) is 0 Å². The molecule has 0 aromatic heterocycles. The average Bonchev–Trinajstić information content (AvgIpc) is 2.36. The minimum Gasteiger partial charge on any atom is -0.405 e. The van der Waals surface area contributed by atoms with Crippen LogP contribution < -0.4 is 10.1 Å². The molecular formula is C15H22F3NO. The number of ether oxygens (including phenoxy) is 1. The van der Waals surface area contributed by atoms with Crippen molar-refractivity contribution in [2.75, 3.05) is 0 Å². The molecule has 0 bridgehead atoms. The molecule has 2 nitrogen and oxygen atoms in total. The van der Waals surface area contributed by atoms with Gasteiger partial charge in [-0.25, -0.2) is 0 Å². The normalized spacial score (nSPS) is 13.2. The molecule has 1 aromatic rings. The fourth-order valence-electron chi connectivity index (χ4n) is 1.96. The van der Waals surface area contributed by atoms with E-state index in [1.54, 1.807) is 12.1 Å². The zero-order valence-corrected chi connectivity index (χ0v) is 12.0. The monoisotopic (exact) mass is 289 g/mol. The number of hydrogen-bond donors (Lipinski definition) is 1. The Morgan fingerprint density at radius 3 is 2.55 bits per heavy atom. The molecule has 114 valence electrons. The molecule has 0 fully saturated rings. The van der Waals surface area contributed by atoms with Gasteiger partial charge in [0.25, 0.3) is 0 Å². The summed E-state index contributed by atoms with van der Waals surface area (Å²) in [6, 6.07) is 6.51. The molecule has 1 rings (SSSR count). The lowest BCUT2D eigenvalue weighted by atomic mass is 10.1. The van der Waals surface area contributed by atoms with Gasteiger partial charge in [0.2, 0.25) is 0 Å². The SMILES string of the molecule is CCCCCC(C)NCc1ccccc1OC(F)(F)F. The standard InChI is InChI=1S/C15H22F3NO/c1-3-4-5-8-12(2)19-11-13-9-6-7-10-14(13)20-15(16,17)18/h6-7,9-10,12,19H,3-5,8,11H2,1-2H3. The van der Waals surface area contributed by atoms with Crippen LogP contribution in [-0.2, 0) is 6.54 Å². The summed E-state index contributed by atoms with van der Waals surface area (Å²) in [6.07, 6.45) is -0.154. The topological polar surface area (TPSA) is 21.3 Å². The van der Waals surface area contributed by atoms with Gasteiger partial charge in [0.05, 0.1) is 0 Å². The number of unbranched alkanes of at least 4 members (excludes halogenated alkanes) is 2. The van der Waals surface area contributed by atoms with E-state index in [1.807, 2.05) is 6.92 Å². The summed E-state index contributed by atoms with van der Waals surface area (Å²) in [5, 5.41) is 3.24. The molecule has 0 aliphatic carbocycles. The van der Waals surface area contributed by atoms with Gasteiger partial charge in [-0.05, 0) is 19.4 Å². The van der Waals surface area contributed by atoms with Crippen molar-refractivity contribution in [3.63, 3.8) is 0 Å². The first-order chi connectivity index (χ1) is 9.42. The summed E-state index contributed by atoms with van der Waals surface area (Å²) in [7, 11) is 0. The van der Waals surface area contributed by atoms with Crippen molar-refractivity contribution >= 4 is 0 Å². The fraction of sp³-hybridized carbons (Fsp3) is 0.600. The molecule has 5 heteroatoms. The number of nitrogens with one attached hydrogen (secondary N) is 1. The zero-order chi connectivity index (χ0) is 15.0. The van der Waals surface area contributed by atoms with Gasteiger partial charge in [0.15, 0.2) is 0 Å². The zero-order valence-electron chi connectivity index (χ0n) is 12.0. The smallest absolute Gasteiger partial charge is 0.405 e. The first-order valence-corrected chi connectivity index (χ1v) is 6.99. The Bertz CT molecular complexity index is 393. The van der Waals surface area contributed by atoms with Gasteiger partial charge in [-0.15, -0.1) is 13.2 Å². The molecular weight excluding hydrogens is 267 g/mol. The highest BCUT2D eigenvalue weighted by Gasteiger charge is 2.31. The van der Waals surface area contributed by atoms with E-state index in [0.29, 0.717) is 12.1 Å². The van der Waals surface area contributed by atoms with Crippen LogP contribution in [0.25, 0.3) is 0 Å². The quantitative estimate of drug-likeness (QED) is 0.704. The van der Waals surface area contributed by atoms with Gasteiger partial charge in [0, 0.05) is 18.2 Å². The number of para-hydroxylation sites is 1. The minimum atomic E-state index is -4.65. The van der Waals surface area contributed by atoms with Gasteiger partial charge < -0.3 is 10.1 Å². The first kappa shape index (κ1) is 16.8. The number of benzene rings is 1. The lowest BCUT2D eigenvalue weighted by Gasteiger charge is -2.16. The second-order valence-corrected chi connectivity index (χ2v) is 4.93. The van der Waals surface area contributed by atoms with Crippen LogP contribution in [0.5, 0.6) is 5.75 Å². The Labute approximate surface area is 118 Å². The van der Waals surface area contributed by atoms with Crippen molar-refractivity contribution in [1.29, 1.82) is 0 Å². The predicted octanol–water partition coefficient (Wildman–Crippen LogP) is 4.64. The first-order valence-electron chi connectivity index (χ1n) is 6.99. The third-order valence-corrected chi connectivity index (χ3v) is 3.08. The number of alkyl halides is 3. The highest BCUT2D eigenvalue weighted by atomic mass is 19.4. The minimum absolute atomic E-state index is 0.131. The van der Waals surface area contributed by atoms with Gasteiger partial charge >= 0.3 is 6.36 Å². The molecule has 0 saturated carbocycles. The highest BCUT2D eigenvalue weighted by Crippen LogP contribution is 2.26. The summed E-state index contributed by atoms with van der Waals surface area (Å²) < 4.78 is 40.9. The molecule has 0 heterocycles. The molecule has 0 radical (unpaired) electrons. The maximum atomic E-state index is 12.3. The molecule has 0 aliphatic rings. The van der Waals surface area contributed by atoms with E-state index in [4.69, 9.17) is 0 Å². The summed E-state index contributed by atoms with van der Waals surface area (Å²) >= 11 is 0. The van der Waals surface area contributed by atoms with Crippen LogP contribution in [0.1, 0.15) is 45.1 Å². The van der Waals surface area contributed by atoms with E-state index in [2.05, 4.69) is 17.0 Å². The van der Waals surface area contributed by atoms with Gasteiger partial charge in [-0.3, -0.25) is 0 Å². The Morgan fingerprint density at radius 1 is 1.20 bits per heavy atom. The molecule has 0 amide bonds. The van der Waals surface area contributed by atoms with Gasteiger partial charge in [-0.1, -0.05) is 44.4 Å². The molecule has 1 unspecified atom stereocenters. The maximum absolute atomic E-state index is 12.3. The van der Waals surface area contributed by atoms with E-state index in [9.17, 15) is 13.2 Å². The van der Waals surface area contributed by atoms with Crippen molar-refractivity contribution in [3.8, 4) is 5.75 Å². The summed E-state index contributed by atoms with van der Waals surface area (Å²) in [6.45, 7) is 4.56. The predicted molar refractivity (Wildman–Crippen MR) is 73.6 cm³/mol. The Morgan fingerprint density at radius 2 is 1.90 bits per heavy atom. The molecule has 1 N–H and O–H groups in total. The van der Waals surface area contributed by atoms with Crippen LogP contribution in [0.2, 0.25) is 0 Å². The van der Waals surface area contributed by atoms with Crippen LogP contribution in [-0.4, -0.2) is 12.4 Å². The summed E-state index contributed by atoms with van der Waals surface area (Å²) in [4.78, 5) is 0. The van der Waals surface area contributed by atoms with Crippen LogP contribution >= 0.6 is 0 Å². The Hall–Kier alpha value is -1.23. The molecule has 20 heavy (non-hydrogen) atoms. The number of rotatable bonds is 8. The molecule has 0 aliphatic heterocycles. The van der Waals surface area contributed by atoms with Crippen molar-refractivity contribution in [3.05, 3.63) is 29.8 Å². The molecule has 1 aromatic carbocycles. The second-order valence-electron chi connectivity index (χ2n) is 4.93. The third kappa shape index (κ3) is 6.80. The fourth-order valence-corrected chi connectivity index (χ4v) is 1.96. The lowest BCUT2D eigenvalue weighted by molar-refractivity contribution is -0.274. The maximum Gasteiger partial charge on any atom is 0.573 e. The summed E-state index contributed by atoms with van der Waals surface area (Å²) in [5.41, 5.74) is 0.521. The Kier molecular flexibility index (Phi) is 6.85. The Balaban J connectivity index is 2.51. The van der Waals surface area contributed by atoms with Crippen molar-refractivity contribution in [2.45, 2.75) is 58.5 Å². The van der Waals surface area contributed by atoms with Crippen molar-refractivity contribution in [1.82, 2.24) is 5.32 Å². The largest absolute Gasteiger partial charge is 0.573 e. The summed E-state index contributed by atoms with van der Waals surface area (Å²) in [5.74, 6) is -0.131. The van der Waals surface area contributed by atoms with Crippen molar-refractivity contribution in [2.24, 2.45) is 0 Å². The van der Waals surface area contributed by atoms with E-state index >= 15 is 0 Å². The second kappa shape index (κ2) is 8.15. The third-order valence-electron chi connectivity index (χ3n) is 3.08. The lowest BCUT2D eigenvalue weighted by Crippen LogP contribution is -2.26. The highest BCUT2D eigenvalue weighted by molar-refractivity contribution is 5.33. The van der Waals surface area contributed by atoms with E-state index in [0.717, 1.165) is 19.3 Å². The molecule has 1 atom stereocenters. The number of halogens is 3. The average molecular weight is 289 g/mol. The van der Waals surface area contributed by atoms with Gasteiger partial charge in [-0.2, -0.15) is 0 Å². The van der Waals surface area contributed by atoms with Crippen LogP contribution in [0.15, 0.2) is 24.3 Å². The van der Waals surface area contributed by atoms with Crippen molar-refractivity contribution < 1.29 is 17.9 Å². The van der Waals surface area contributed by atoms with E-state index in [-0.39, 0.29) is 11.8 Å². The van der Waals surface area contributed by atoms with E-state index in [1.165, 1.54) is 18.6 Å². The number of hydrogen-bond acceptors (Lipinski definition) is 2. The molecule has 0 spiro atoms. The van der Waals surface area contributed by atoms with Gasteiger partial charge in [0.1, 0.15) is 5.75 Å². The van der Waals surface area contributed by atoms with Crippen LogP contribution in [0.3, 0.4) is 0 Å². The molecule has 0 saturated heterocycles. The van der Waals surface area contributed by atoms with Crippen LogP contribution in [0.4, 0.5) is 13.2 Å².